The van der Waals surface area contributed by atoms with Gasteiger partial charge in [0.15, 0.2) is 0 Å². The molecule has 0 N–H and O–H groups in total. The van der Waals surface area contributed by atoms with E-state index in [1.807, 2.05) is 0 Å². The summed E-state index contributed by atoms with van der Waals surface area (Å²) in [6.45, 7) is 0. The van der Waals surface area contributed by atoms with Crippen LogP contribution in [-0.2, 0) is 0 Å². The zero-order valence-corrected chi connectivity index (χ0v) is 35.1. The van der Waals surface area contributed by atoms with Crippen molar-refractivity contribution in [3.63, 3.8) is 0 Å². The number of hydrogen-bond donors (Lipinski definition) is 0. The predicted octanol–water partition coefficient (Wildman–Crippen LogP) is 16.2. The van der Waals surface area contributed by atoms with Gasteiger partial charge in [-0.25, -0.2) is 0 Å². The fourth-order valence-corrected chi connectivity index (χ4v) is 13.4. The van der Waals surface area contributed by atoms with E-state index >= 15 is 0 Å². The van der Waals surface area contributed by atoms with Gasteiger partial charge in [0, 0.05) is 23.7 Å². The highest BCUT2D eigenvalue weighted by Gasteiger charge is 2.55. The van der Waals surface area contributed by atoms with Crippen LogP contribution < -0.4 is 0 Å². The van der Waals surface area contributed by atoms with E-state index in [9.17, 15) is 0 Å². The molecule has 0 saturated heterocycles. The summed E-state index contributed by atoms with van der Waals surface area (Å²) in [6.07, 6.45) is 20.3. The second kappa shape index (κ2) is 12.9. The van der Waals surface area contributed by atoms with Crippen molar-refractivity contribution in [2.45, 2.75) is 0 Å². The number of benzene rings is 8. The Morgan fingerprint density at radius 2 is 0.359 bits per heavy atom. The maximum atomic E-state index is 2.54. The van der Waals surface area contributed by atoms with Gasteiger partial charge in [-0.15, -0.1) is 0 Å². The molecule has 64 heavy (non-hydrogen) atoms. The average molecular weight is 809 g/mol. The van der Waals surface area contributed by atoms with Gasteiger partial charge in [0.25, 0.3) is 0 Å². The molecular formula is C64H40. The Morgan fingerprint density at radius 3 is 0.594 bits per heavy atom. The van der Waals surface area contributed by atoms with Gasteiger partial charge in [0.05, 0.1) is 0 Å². The van der Waals surface area contributed by atoms with Gasteiger partial charge in [-0.05, 0) is 133 Å². The van der Waals surface area contributed by atoms with Crippen LogP contribution in [0.4, 0.5) is 0 Å². The lowest BCUT2D eigenvalue weighted by Gasteiger charge is -2.48. The molecule has 8 aromatic rings. The van der Waals surface area contributed by atoms with E-state index in [4.69, 9.17) is 0 Å². The lowest BCUT2D eigenvalue weighted by atomic mass is 9.54. The molecule has 7 aliphatic carbocycles. The van der Waals surface area contributed by atoms with Gasteiger partial charge in [-0.3, -0.25) is 0 Å². The molecule has 0 aliphatic heterocycles. The van der Waals surface area contributed by atoms with E-state index in [1.54, 1.807) is 0 Å². The SMILES string of the molecule is C1=C2C3=CC=C4c5c(c(-c6ccccc6)c6ccccc6c5-c5ccccc5)C5=CC=C(C6=CC=C7c8c(c(-c9ccccc9)c9ccccc9c8-c8ccccc8)C(=C1)C7C26)C3C45. The molecule has 0 atom stereocenters. The summed E-state index contributed by atoms with van der Waals surface area (Å²) in [5, 5.41) is 5.27. The van der Waals surface area contributed by atoms with E-state index in [0.717, 1.165) is 0 Å². The first kappa shape index (κ1) is 34.7. The van der Waals surface area contributed by atoms with Crippen molar-refractivity contribution in [1.29, 1.82) is 0 Å². The zero-order valence-electron chi connectivity index (χ0n) is 35.1. The van der Waals surface area contributed by atoms with Crippen molar-refractivity contribution in [3.8, 4) is 44.5 Å². The molecule has 1 saturated carbocycles. The molecule has 7 aliphatic rings. The molecule has 0 unspecified atom stereocenters. The van der Waals surface area contributed by atoms with Crippen LogP contribution in [0.5, 0.6) is 0 Å². The summed E-state index contributed by atoms with van der Waals surface area (Å²) in [7, 11) is 0. The first-order chi connectivity index (χ1) is 31.8. The molecule has 0 nitrogen and oxygen atoms in total. The van der Waals surface area contributed by atoms with Gasteiger partial charge in [0.2, 0.25) is 0 Å². The lowest BCUT2D eigenvalue weighted by molar-refractivity contribution is 0.525. The second-order valence-corrected chi connectivity index (χ2v) is 18.4. The van der Waals surface area contributed by atoms with Gasteiger partial charge >= 0.3 is 0 Å². The molecule has 0 heterocycles. The molecule has 0 heteroatoms. The first-order valence-electron chi connectivity index (χ1n) is 22.9. The number of allylic oxidation sites excluding steroid dienone is 16. The third kappa shape index (κ3) is 4.42. The number of hydrogen-bond acceptors (Lipinski definition) is 0. The molecule has 0 radical (unpaired) electrons. The summed E-state index contributed by atoms with van der Waals surface area (Å²) in [5.74, 6) is 0.950. The maximum absolute atomic E-state index is 2.54. The Labute approximate surface area is 373 Å². The van der Waals surface area contributed by atoms with Crippen LogP contribution in [0.3, 0.4) is 0 Å². The Bertz CT molecular complexity index is 3190. The Morgan fingerprint density at radius 1 is 0.172 bits per heavy atom. The molecule has 1 fully saturated rings. The van der Waals surface area contributed by atoms with Crippen LogP contribution in [0.2, 0.25) is 0 Å². The molecule has 0 bridgehead atoms. The molecule has 0 spiro atoms. The first-order valence-corrected chi connectivity index (χ1v) is 22.9. The molecule has 8 aromatic carbocycles. The number of fused-ring (bicyclic) bond motifs is 10. The summed E-state index contributed by atoms with van der Waals surface area (Å²) in [6, 6.07) is 62.9. The van der Waals surface area contributed by atoms with Crippen LogP contribution in [0, 0.1) is 23.7 Å². The minimum atomic E-state index is 0.232. The van der Waals surface area contributed by atoms with Gasteiger partial charge in [0.1, 0.15) is 0 Å². The molecule has 0 aromatic heterocycles. The van der Waals surface area contributed by atoms with Crippen molar-refractivity contribution < 1.29 is 0 Å². The van der Waals surface area contributed by atoms with Gasteiger partial charge in [-0.2, -0.15) is 0 Å². The zero-order chi connectivity index (χ0) is 41.6. The monoisotopic (exact) mass is 808 g/mol. The lowest BCUT2D eigenvalue weighted by Crippen LogP contribution is -2.37. The van der Waals surface area contributed by atoms with Crippen LogP contribution in [0.25, 0.3) is 88.3 Å². The summed E-state index contributed by atoms with van der Waals surface area (Å²) in [5.41, 5.74) is 28.0. The molecule has 0 amide bonds. The number of rotatable bonds is 4. The van der Waals surface area contributed by atoms with Crippen molar-refractivity contribution in [2.24, 2.45) is 23.7 Å². The fourth-order valence-electron chi connectivity index (χ4n) is 13.4. The van der Waals surface area contributed by atoms with E-state index in [2.05, 4.69) is 218 Å². The van der Waals surface area contributed by atoms with Gasteiger partial charge in [-0.1, -0.05) is 218 Å². The van der Waals surface area contributed by atoms with E-state index < -0.39 is 0 Å². The normalized spacial score (nSPS) is 21.2. The smallest absolute Gasteiger partial charge is 0.0212 e. The average Bonchev–Trinajstić information content (AvgIpc) is 3.88. The topological polar surface area (TPSA) is 0 Å². The van der Waals surface area contributed by atoms with E-state index in [-0.39, 0.29) is 23.7 Å². The Hall–Kier alpha value is -7.80. The summed E-state index contributed by atoms with van der Waals surface area (Å²) in [4.78, 5) is 0. The van der Waals surface area contributed by atoms with Crippen molar-refractivity contribution >= 4 is 43.8 Å². The highest BCUT2D eigenvalue weighted by Crippen LogP contribution is 2.70. The minimum Gasteiger partial charge on any atom is -0.0622 e. The van der Waals surface area contributed by atoms with E-state index in [1.165, 1.54) is 133 Å². The van der Waals surface area contributed by atoms with Crippen molar-refractivity contribution in [2.75, 3.05) is 0 Å². The summed E-state index contributed by atoms with van der Waals surface area (Å²) < 4.78 is 0. The highest BCUT2D eigenvalue weighted by molar-refractivity contribution is 6.20. The molecule has 296 valence electrons. The highest BCUT2D eigenvalue weighted by atomic mass is 14.6. The third-order valence-electron chi connectivity index (χ3n) is 15.6. The van der Waals surface area contributed by atoms with Gasteiger partial charge < -0.3 is 0 Å². The Balaban J connectivity index is 1.00. The molecule has 15 rings (SSSR count). The summed E-state index contributed by atoms with van der Waals surface area (Å²) >= 11 is 0. The maximum Gasteiger partial charge on any atom is 0.0212 e. The third-order valence-corrected chi connectivity index (χ3v) is 15.6. The largest absolute Gasteiger partial charge is 0.0622 e. The predicted molar refractivity (Wildman–Crippen MR) is 268 cm³/mol. The second-order valence-electron chi connectivity index (χ2n) is 18.4. The van der Waals surface area contributed by atoms with Crippen LogP contribution >= 0.6 is 0 Å². The molecular weight excluding hydrogens is 769 g/mol. The van der Waals surface area contributed by atoms with Crippen molar-refractivity contribution in [1.82, 2.24) is 0 Å². The standard InChI is InChI=1S/C64H40/c1-5-17-37(18-6-1)53-41-25-13-14-26-42(41)54(38-19-7-2-8-20-38)62-50-34-30-46-48-32-36-52-60-51(35-31-47(58(48)60)45-29-33-49(61(53)62)59(50)57(45)46)63-55(39-21-9-3-10-22-39)43-27-15-16-28-44(43)56(64(52)63)40-23-11-4-12-24-40/h1-36,57-60H. The van der Waals surface area contributed by atoms with Crippen LogP contribution in [0.15, 0.2) is 241 Å². The minimum absolute atomic E-state index is 0.232. The van der Waals surface area contributed by atoms with Crippen LogP contribution in [-0.4, -0.2) is 0 Å². The Kier molecular flexibility index (Phi) is 6.99. The van der Waals surface area contributed by atoms with E-state index in [0.29, 0.717) is 0 Å². The quantitative estimate of drug-likeness (QED) is 0.166. The van der Waals surface area contributed by atoms with Crippen LogP contribution in [0.1, 0.15) is 22.3 Å². The fraction of sp³-hybridized carbons (Fsp3) is 0.0625. The van der Waals surface area contributed by atoms with Crippen molar-refractivity contribution in [3.05, 3.63) is 263 Å².